The van der Waals surface area contributed by atoms with Crippen molar-refractivity contribution < 1.29 is 31.5 Å². The van der Waals surface area contributed by atoms with Crippen LogP contribution in [0.15, 0.2) is 41.3 Å². The summed E-state index contributed by atoms with van der Waals surface area (Å²) in [4.78, 5) is 29.8. The summed E-state index contributed by atoms with van der Waals surface area (Å²) in [5, 5.41) is 6.90. The molecule has 1 aromatic heterocycles. The van der Waals surface area contributed by atoms with Crippen molar-refractivity contribution in [3.63, 3.8) is 0 Å². The number of rotatable bonds is 6. The Morgan fingerprint density at radius 1 is 1.05 bits per heavy atom. The van der Waals surface area contributed by atoms with E-state index in [1.807, 2.05) is 0 Å². The number of fused-ring (bicyclic) bond motifs is 1. The Morgan fingerprint density at radius 2 is 1.72 bits per heavy atom. The van der Waals surface area contributed by atoms with Crippen LogP contribution in [0.25, 0.3) is 0 Å². The molecule has 2 aliphatic rings. The predicted molar refractivity (Wildman–Crippen MR) is 158 cm³/mol. The highest BCUT2D eigenvalue weighted by Crippen LogP contribution is 2.31. The molecule has 1 saturated heterocycles. The van der Waals surface area contributed by atoms with Crippen molar-refractivity contribution in [2.24, 2.45) is 0 Å². The highest BCUT2D eigenvalue weighted by atomic mass is 35.5. The number of ether oxygens (including phenoxy) is 1. The number of piperazine rings is 1. The van der Waals surface area contributed by atoms with Gasteiger partial charge in [0.2, 0.25) is 10.0 Å². The van der Waals surface area contributed by atoms with Gasteiger partial charge in [0.1, 0.15) is 11.6 Å². The first-order valence-corrected chi connectivity index (χ1v) is 14.8. The summed E-state index contributed by atoms with van der Waals surface area (Å²) in [5.41, 5.74) is 8.14. The molecular formula is C27H32ClF2N7O5S. The van der Waals surface area contributed by atoms with Crippen LogP contribution >= 0.6 is 12.4 Å². The lowest BCUT2D eigenvalue weighted by Crippen LogP contribution is -2.44. The maximum atomic E-state index is 13.8. The zero-order valence-corrected chi connectivity index (χ0v) is 25.2. The number of nitrogens with zero attached hydrogens (tertiary/aromatic N) is 5. The number of benzene rings is 2. The number of nitrogens with two attached hydrogens (primary N) is 1. The fourth-order valence-electron chi connectivity index (χ4n) is 5.06. The van der Waals surface area contributed by atoms with Gasteiger partial charge in [0.25, 0.3) is 5.91 Å². The largest absolute Gasteiger partial charge is 0.448 e. The summed E-state index contributed by atoms with van der Waals surface area (Å²) < 4.78 is 61.3. The van der Waals surface area contributed by atoms with Crippen molar-refractivity contribution in [2.75, 3.05) is 62.3 Å². The molecule has 3 aromatic rings. The molecular weight excluding hydrogens is 608 g/mol. The molecule has 0 radical (unpaired) electrons. The van der Waals surface area contributed by atoms with Crippen LogP contribution in [0.1, 0.15) is 28.5 Å². The van der Waals surface area contributed by atoms with Crippen molar-refractivity contribution in [1.82, 2.24) is 19.0 Å². The van der Waals surface area contributed by atoms with Gasteiger partial charge in [-0.15, -0.1) is 17.5 Å². The number of halogens is 3. The summed E-state index contributed by atoms with van der Waals surface area (Å²) in [7, 11) is -2.28. The first kappa shape index (κ1) is 32.1. The normalized spacial score (nSPS) is 15.9. The number of sulfonamides is 1. The molecule has 5 rings (SSSR count). The zero-order chi connectivity index (χ0) is 30.2. The van der Waals surface area contributed by atoms with E-state index in [1.54, 1.807) is 25.1 Å². The number of hydrogen-bond donors (Lipinski definition) is 2. The second-order valence-electron chi connectivity index (χ2n) is 10.1. The van der Waals surface area contributed by atoms with Gasteiger partial charge in [-0.1, -0.05) is 0 Å². The molecule has 1 amide bonds. The van der Waals surface area contributed by atoms with Crippen LogP contribution in [-0.2, 0) is 27.7 Å². The van der Waals surface area contributed by atoms with Crippen molar-refractivity contribution >= 4 is 51.6 Å². The Hall–Kier alpha value is -3.79. The summed E-state index contributed by atoms with van der Waals surface area (Å²) in [6.07, 6.45) is -0.774. The maximum absolute atomic E-state index is 13.8. The van der Waals surface area contributed by atoms with E-state index in [0.717, 1.165) is 53.0 Å². The minimum Gasteiger partial charge on any atom is -0.448 e. The number of aromatic nitrogens is 2. The first-order chi connectivity index (χ1) is 20.0. The van der Waals surface area contributed by atoms with Crippen molar-refractivity contribution in [2.45, 2.75) is 24.8 Å². The van der Waals surface area contributed by atoms with E-state index in [2.05, 4.69) is 27.3 Å². The van der Waals surface area contributed by atoms with Gasteiger partial charge in [-0.3, -0.25) is 4.79 Å². The van der Waals surface area contributed by atoms with E-state index >= 15 is 0 Å². The Labute approximate surface area is 253 Å². The number of carbonyl (C=O) groups excluding carboxylic acids is 2. The van der Waals surface area contributed by atoms with Crippen LogP contribution in [0.4, 0.5) is 30.8 Å². The van der Waals surface area contributed by atoms with Gasteiger partial charge < -0.3 is 25.6 Å². The molecule has 12 nitrogen and oxygen atoms in total. The van der Waals surface area contributed by atoms with Crippen LogP contribution in [0, 0.1) is 11.6 Å². The van der Waals surface area contributed by atoms with Gasteiger partial charge in [-0.05, 0) is 44.3 Å². The zero-order valence-electron chi connectivity index (χ0n) is 23.5. The third kappa shape index (κ3) is 6.59. The Balaban J connectivity index is 0.00000423. The lowest BCUT2D eigenvalue weighted by Gasteiger charge is -2.34. The topological polar surface area (TPSA) is 143 Å². The first-order valence-electron chi connectivity index (χ1n) is 13.4. The lowest BCUT2D eigenvalue weighted by molar-refractivity contribution is 0.102. The lowest BCUT2D eigenvalue weighted by atomic mass is 10.1. The summed E-state index contributed by atoms with van der Waals surface area (Å²) in [6, 6.07) is 7.16. The molecule has 1 fully saturated rings. The Morgan fingerprint density at radius 3 is 2.35 bits per heavy atom. The summed E-state index contributed by atoms with van der Waals surface area (Å²) >= 11 is 0. The van der Waals surface area contributed by atoms with E-state index in [1.165, 1.54) is 0 Å². The molecule has 232 valence electrons. The fraction of sp³-hybridized carbons (Fsp3) is 0.370. The molecule has 0 saturated carbocycles. The third-order valence-electron chi connectivity index (χ3n) is 7.32. The van der Waals surface area contributed by atoms with E-state index in [9.17, 15) is 26.8 Å². The monoisotopic (exact) mass is 639 g/mol. The molecule has 0 atom stereocenters. The van der Waals surface area contributed by atoms with Gasteiger partial charge in [0, 0.05) is 68.7 Å². The van der Waals surface area contributed by atoms with Crippen LogP contribution in [-0.4, -0.2) is 85.8 Å². The minimum absolute atomic E-state index is 0. The summed E-state index contributed by atoms with van der Waals surface area (Å²) in [5.74, 6) is -2.74. The number of likely N-dealkylation sites (N-methyl/N-ethyl adjacent to an activating group) is 1. The van der Waals surface area contributed by atoms with Gasteiger partial charge >= 0.3 is 6.09 Å². The van der Waals surface area contributed by atoms with Crippen LogP contribution in [0.3, 0.4) is 0 Å². The standard InChI is InChI=1S/C27H31F2N7O5S.ClH/c1-3-41-27(38)36-24-6-7-35(42(39,40)20-13-17(28)12-18(29)14-20)16-22(24)25(32-36)31-26(37)21-5-4-19(15-23(21)30)34-10-8-33(2)9-11-34;/h4-5,12-15H,3,6-11,16,30H2,1-2H3,(H,31,32,37);1H. The fourth-order valence-corrected chi connectivity index (χ4v) is 6.51. The Kier molecular flexibility index (Phi) is 9.59. The van der Waals surface area contributed by atoms with Crippen molar-refractivity contribution in [1.29, 1.82) is 0 Å². The molecule has 43 heavy (non-hydrogen) atoms. The second-order valence-corrected chi connectivity index (χ2v) is 12.0. The van der Waals surface area contributed by atoms with Gasteiger partial charge in [0.05, 0.1) is 22.8 Å². The van der Waals surface area contributed by atoms with Crippen LogP contribution in [0.2, 0.25) is 0 Å². The van der Waals surface area contributed by atoms with Gasteiger partial charge in [0.15, 0.2) is 5.82 Å². The number of anilines is 3. The highest BCUT2D eigenvalue weighted by Gasteiger charge is 2.35. The molecule has 3 heterocycles. The highest BCUT2D eigenvalue weighted by molar-refractivity contribution is 7.89. The number of nitrogen functional groups attached to an aromatic ring is 1. The molecule has 0 bridgehead atoms. The van der Waals surface area contributed by atoms with Crippen molar-refractivity contribution in [3.8, 4) is 0 Å². The van der Waals surface area contributed by atoms with Crippen LogP contribution < -0.4 is 16.0 Å². The molecule has 16 heteroatoms. The van der Waals surface area contributed by atoms with E-state index in [4.69, 9.17) is 10.5 Å². The third-order valence-corrected chi connectivity index (χ3v) is 9.14. The number of nitrogens with one attached hydrogen (secondary N) is 1. The SMILES string of the molecule is CCOC(=O)n1nc(NC(=O)c2ccc(N3CCN(C)CC3)cc2N)c2c1CCN(S(=O)(=O)c1cc(F)cc(F)c1)C2.Cl. The number of amides is 1. The van der Waals surface area contributed by atoms with Crippen molar-refractivity contribution in [3.05, 3.63) is 64.9 Å². The number of carbonyl (C=O) groups is 2. The second kappa shape index (κ2) is 12.8. The van der Waals surface area contributed by atoms with E-state index in [-0.39, 0.29) is 61.2 Å². The van der Waals surface area contributed by atoms with Crippen LogP contribution in [0.5, 0.6) is 0 Å². The van der Waals surface area contributed by atoms with E-state index < -0.39 is 38.6 Å². The van der Waals surface area contributed by atoms with E-state index in [0.29, 0.717) is 11.8 Å². The number of hydrogen-bond acceptors (Lipinski definition) is 9. The smallest absolute Gasteiger partial charge is 0.434 e. The average Bonchev–Trinajstić information content (AvgIpc) is 3.30. The molecule has 0 aliphatic carbocycles. The Bertz CT molecular complexity index is 1620. The minimum atomic E-state index is -4.33. The molecule has 2 aliphatic heterocycles. The molecule has 2 aromatic carbocycles. The quantitative estimate of drug-likeness (QED) is 0.389. The average molecular weight is 640 g/mol. The molecule has 3 N–H and O–H groups in total. The molecule has 0 unspecified atom stereocenters. The molecule has 0 spiro atoms. The summed E-state index contributed by atoms with van der Waals surface area (Å²) in [6.45, 7) is 4.71. The van der Waals surface area contributed by atoms with Gasteiger partial charge in [-0.25, -0.2) is 22.0 Å². The maximum Gasteiger partial charge on any atom is 0.434 e. The van der Waals surface area contributed by atoms with Gasteiger partial charge in [-0.2, -0.15) is 8.99 Å². The predicted octanol–water partition coefficient (Wildman–Crippen LogP) is 2.92.